The minimum Gasteiger partial charge on any atom is -0.478 e. The van der Waals surface area contributed by atoms with Crippen molar-refractivity contribution in [2.24, 2.45) is 0 Å². The number of rotatable bonds is 4. The molecule has 0 aliphatic carbocycles. The molecular formula is C13H11F3N2O3. The van der Waals surface area contributed by atoms with Gasteiger partial charge >= 0.3 is 12.1 Å². The molecule has 0 amide bonds. The average Bonchev–Trinajstić information content (AvgIpc) is 2.77. The molecule has 2 aromatic heterocycles. The zero-order chi connectivity index (χ0) is 15.6. The van der Waals surface area contributed by atoms with Gasteiger partial charge in [-0.15, -0.1) is 0 Å². The van der Waals surface area contributed by atoms with Gasteiger partial charge in [0.15, 0.2) is 0 Å². The van der Waals surface area contributed by atoms with E-state index < -0.39 is 17.7 Å². The summed E-state index contributed by atoms with van der Waals surface area (Å²) in [7, 11) is 0. The molecule has 2 aromatic rings. The summed E-state index contributed by atoms with van der Waals surface area (Å²) in [5.41, 5.74) is -0.800. The number of hydrogen-bond acceptors (Lipinski definition) is 4. The Hall–Kier alpha value is -2.51. The summed E-state index contributed by atoms with van der Waals surface area (Å²) in [6.45, 7) is 1.53. The van der Waals surface area contributed by atoms with Crippen LogP contribution in [0.15, 0.2) is 28.8 Å². The molecule has 2 heterocycles. The number of alkyl halides is 3. The Balaban J connectivity index is 2.10. The van der Waals surface area contributed by atoms with Gasteiger partial charge in [-0.25, -0.2) is 9.78 Å². The Kier molecular flexibility index (Phi) is 3.88. The number of pyridine rings is 1. The maximum absolute atomic E-state index is 12.5. The number of halogens is 3. The maximum Gasteiger partial charge on any atom is 0.416 e. The molecule has 0 saturated heterocycles. The monoisotopic (exact) mass is 300 g/mol. The number of hydrogen-bond donors (Lipinski definition) is 2. The van der Waals surface area contributed by atoms with Crippen LogP contribution >= 0.6 is 0 Å². The first-order valence-electron chi connectivity index (χ1n) is 5.87. The fraction of sp³-hybridized carbons (Fsp3) is 0.231. The van der Waals surface area contributed by atoms with Crippen molar-refractivity contribution in [1.29, 1.82) is 0 Å². The summed E-state index contributed by atoms with van der Waals surface area (Å²) in [4.78, 5) is 14.6. The highest BCUT2D eigenvalue weighted by molar-refractivity contribution is 5.88. The lowest BCUT2D eigenvalue weighted by Crippen LogP contribution is -2.07. The van der Waals surface area contributed by atoms with E-state index in [2.05, 4.69) is 10.3 Å². The van der Waals surface area contributed by atoms with Crippen molar-refractivity contribution in [3.05, 3.63) is 47.0 Å². The molecule has 0 bridgehead atoms. The van der Waals surface area contributed by atoms with E-state index in [1.165, 1.54) is 13.0 Å². The van der Waals surface area contributed by atoms with Crippen LogP contribution in [0.5, 0.6) is 0 Å². The van der Waals surface area contributed by atoms with Crippen LogP contribution in [0.25, 0.3) is 0 Å². The molecule has 0 atom stereocenters. The number of anilines is 1. The first kappa shape index (κ1) is 14.9. The SMILES string of the molecule is Cc1oc(CNc2cc(C(F)(F)F)ccn2)cc1C(=O)O. The highest BCUT2D eigenvalue weighted by Crippen LogP contribution is 2.30. The number of aromatic nitrogens is 1. The van der Waals surface area contributed by atoms with E-state index in [1.807, 2.05) is 0 Å². The predicted molar refractivity (Wildman–Crippen MR) is 67.0 cm³/mol. The zero-order valence-corrected chi connectivity index (χ0v) is 10.9. The van der Waals surface area contributed by atoms with Gasteiger partial charge < -0.3 is 14.8 Å². The van der Waals surface area contributed by atoms with Crippen molar-refractivity contribution in [3.8, 4) is 0 Å². The molecule has 0 unspecified atom stereocenters. The second kappa shape index (κ2) is 5.47. The normalized spacial score (nSPS) is 11.4. The molecule has 0 fully saturated rings. The van der Waals surface area contributed by atoms with Crippen molar-refractivity contribution in [1.82, 2.24) is 4.98 Å². The quantitative estimate of drug-likeness (QED) is 0.906. The van der Waals surface area contributed by atoms with Gasteiger partial charge in [0, 0.05) is 6.20 Å². The van der Waals surface area contributed by atoms with E-state index in [-0.39, 0.29) is 23.7 Å². The van der Waals surface area contributed by atoms with Crippen molar-refractivity contribution >= 4 is 11.8 Å². The molecule has 0 saturated carbocycles. The van der Waals surface area contributed by atoms with Crippen LogP contribution in [0.1, 0.15) is 27.4 Å². The number of nitrogens with zero attached hydrogens (tertiary/aromatic N) is 1. The van der Waals surface area contributed by atoms with Gasteiger partial charge in [0.25, 0.3) is 0 Å². The van der Waals surface area contributed by atoms with Gasteiger partial charge in [0.1, 0.15) is 22.9 Å². The van der Waals surface area contributed by atoms with Gasteiger partial charge in [0.2, 0.25) is 0 Å². The Bertz CT molecular complexity index is 665. The standard InChI is InChI=1S/C13H11F3N2O3/c1-7-10(12(19)20)5-9(21-7)6-18-11-4-8(2-3-17-11)13(14,15)16/h2-5H,6H2,1H3,(H,17,18)(H,19,20). The van der Waals surface area contributed by atoms with Gasteiger partial charge in [0.05, 0.1) is 12.1 Å². The number of carbonyl (C=O) groups is 1. The van der Waals surface area contributed by atoms with Gasteiger partial charge in [-0.1, -0.05) is 0 Å². The maximum atomic E-state index is 12.5. The lowest BCUT2D eigenvalue weighted by atomic mass is 10.2. The third-order valence-electron chi connectivity index (χ3n) is 2.73. The van der Waals surface area contributed by atoms with E-state index >= 15 is 0 Å². The number of carboxylic acids is 1. The van der Waals surface area contributed by atoms with Crippen molar-refractivity contribution in [2.45, 2.75) is 19.6 Å². The Morgan fingerprint density at radius 2 is 2.14 bits per heavy atom. The predicted octanol–water partition coefficient (Wildman–Crippen LogP) is 3.31. The van der Waals surface area contributed by atoms with Gasteiger partial charge in [-0.2, -0.15) is 13.2 Å². The molecule has 0 aliphatic rings. The molecule has 0 spiro atoms. The summed E-state index contributed by atoms with van der Waals surface area (Å²) in [6.07, 6.45) is -3.40. The fourth-order valence-electron chi connectivity index (χ4n) is 1.72. The number of furan rings is 1. The second-order valence-electron chi connectivity index (χ2n) is 4.27. The molecule has 21 heavy (non-hydrogen) atoms. The molecule has 112 valence electrons. The van der Waals surface area contributed by atoms with Crippen molar-refractivity contribution in [3.63, 3.8) is 0 Å². The molecule has 2 N–H and O–H groups in total. The smallest absolute Gasteiger partial charge is 0.416 e. The number of carboxylic acid groups (broad SMARTS) is 1. The minimum atomic E-state index is -4.45. The molecule has 8 heteroatoms. The molecular weight excluding hydrogens is 289 g/mol. The van der Waals surface area contributed by atoms with E-state index in [0.717, 1.165) is 18.3 Å². The van der Waals surface area contributed by atoms with Crippen LogP contribution in [-0.2, 0) is 12.7 Å². The van der Waals surface area contributed by atoms with E-state index in [9.17, 15) is 18.0 Å². The second-order valence-corrected chi connectivity index (χ2v) is 4.27. The average molecular weight is 300 g/mol. The third kappa shape index (κ3) is 3.53. The molecule has 0 aliphatic heterocycles. The first-order valence-corrected chi connectivity index (χ1v) is 5.87. The lowest BCUT2D eigenvalue weighted by molar-refractivity contribution is -0.137. The summed E-state index contributed by atoms with van der Waals surface area (Å²) in [5, 5.41) is 11.5. The highest BCUT2D eigenvalue weighted by atomic mass is 19.4. The van der Waals surface area contributed by atoms with Crippen LogP contribution in [-0.4, -0.2) is 16.1 Å². The largest absolute Gasteiger partial charge is 0.478 e. The van der Waals surface area contributed by atoms with Gasteiger partial charge in [-0.3, -0.25) is 0 Å². The van der Waals surface area contributed by atoms with Crippen LogP contribution in [0.2, 0.25) is 0 Å². The highest BCUT2D eigenvalue weighted by Gasteiger charge is 2.30. The van der Waals surface area contributed by atoms with Crippen LogP contribution in [0.4, 0.5) is 19.0 Å². The third-order valence-corrected chi connectivity index (χ3v) is 2.73. The molecule has 0 radical (unpaired) electrons. The lowest BCUT2D eigenvalue weighted by Gasteiger charge is -2.08. The van der Waals surface area contributed by atoms with Crippen LogP contribution < -0.4 is 5.32 Å². The zero-order valence-electron chi connectivity index (χ0n) is 10.9. The summed E-state index contributed by atoms with van der Waals surface area (Å²) >= 11 is 0. The topological polar surface area (TPSA) is 75.4 Å². The summed E-state index contributed by atoms with van der Waals surface area (Å²) < 4.78 is 42.8. The Morgan fingerprint density at radius 1 is 1.43 bits per heavy atom. The minimum absolute atomic E-state index is 0.0174. The Labute approximate surface area is 117 Å². The van der Waals surface area contributed by atoms with E-state index in [0.29, 0.717) is 5.76 Å². The molecule has 0 aromatic carbocycles. The summed E-state index contributed by atoms with van der Waals surface area (Å²) in [5.74, 6) is -0.573. The number of aromatic carboxylic acids is 1. The number of aryl methyl sites for hydroxylation is 1. The molecule has 2 rings (SSSR count). The van der Waals surface area contributed by atoms with Gasteiger partial charge in [-0.05, 0) is 25.1 Å². The molecule has 5 nitrogen and oxygen atoms in total. The Morgan fingerprint density at radius 3 is 2.71 bits per heavy atom. The van der Waals surface area contributed by atoms with E-state index in [4.69, 9.17) is 9.52 Å². The van der Waals surface area contributed by atoms with Crippen molar-refractivity contribution in [2.75, 3.05) is 5.32 Å². The fourth-order valence-corrected chi connectivity index (χ4v) is 1.72. The summed E-state index contributed by atoms with van der Waals surface area (Å²) in [6, 6.07) is 3.05. The first-order chi connectivity index (χ1) is 9.77. The van der Waals surface area contributed by atoms with E-state index in [1.54, 1.807) is 0 Å². The van der Waals surface area contributed by atoms with Crippen LogP contribution in [0.3, 0.4) is 0 Å². The number of nitrogens with one attached hydrogen (secondary N) is 1. The van der Waals surface area contributed by atoms with Crippen LogP contribution in [0, 0.1) is 6.92 Å². The van der Waals surface area contributed by atoms with Crippen molar-refractivity contribution < 1.29 is 27.5 Å².